The lowest BCUT2D eigenvalue weighted by atomic mass is 9.94. The first-order valence-corrected chi connectivity index (χ1v) is 8.93. The molecule has 3 amide bonds. The van der Waals surface area contributed by atoms with E-state index in [2.05, 4.69) is 5.32 Å². The quantitative estimate of drug-likeness (QED) is 0.677. The Hall–Kier alpha value is -3.87. The van der Waals surface area contributed by atoms with E-state index in [4.69, 9.17) is 9.47 Å². The molecule has 1 aliphatic rings. The van der Waals surface area contributed by atoms with Gasteiger partial charge in [-0.25, -0.2) is 0 Å². The monoisotopic (exact) mass is 390 g/mol. The van der Waals surface area contributed by atoms with Crippen LogP contribution in [0.3, 0.4) is 0 Å². The van der Waals surface area contributed by atoms with Crippen molar-refractivity contribution in [2.24, 2.45) is 0 Å². The third kappa shape index (κ3) is 3.16. The van der Waals surface area contributed by atoms with Gasteiger partial charge in [-0.3, -0.25) is 19.3 Å². The molecule has 0 spiro atoms. The van der Waals surface area contributed by atoms with Crippen molar-refractivity contribution < 1.29 is 23.9 Å². The average Bonchev–Trinajstić information content (AvgIpc) is 2.74. The van der Waals surface area contributed by atoms with E-state index >= 15 is 0 Å². The number of hydrogen-bond donors (Lipinski definition) is 1. The highest BCUT2D eigenvalue weighted by Crippen LogP contribution is 2.31. The zero-order valence-electron chi connectivity index (χ0n) is 15.9. The number of carbonyl (C=O) groups excluding carboxylic acids is 3. The molecule has 1 heterocycles. The number of methoxy groups -OCH3 is 2. The van der Waals surface area contributed by atoms with Crippen LogP contribution in [-0.4, -0.2) is 43.4 Å². The molecule has 0 unspecified atom stereocenters. The second kappa shape index (κ2) is 7.27. The van der Waals surface area contributed by atoms with Gasteiger partial charge in [0.1, 0.15) is 6.54 Å². The molecular weight excluding hydrogens is 372 g/mol. The molecule has 1 N–H and O–H groups in total. The summed E-state index contributed by atoms with van der Waals surface area (Å²) in [6.07, 6.45) is 0. The van der Waals surface area contributed by atoms with Crippen molar-refractivity contribution >= 4 is 34.2 Å². The van der Waals surface area contributed by atoms with Crippen molar-refractivity contribution in [2.75, 3.05) is 26.1 Å². The highest BCUT2D eigenvalue weighted by Gasteiger charge is 2.33. The first-order chi connectivity index (χ1) is 14.0. The van der Waals surface area contributed by atoms with Gasteiger partial charge < -0.3 is 14.8 Å². The molecule has 0 fully saturated rings. The van der Waals surface area contributed by atoms with Crippen LogP contribution in [0.5, 0.6) is 11.5 Å². The molecule has 0 aromatic heterocycles. The van der Waals surface area contributed by atoms with Crippen LogP contribution in [0.4, 0.5) is 5.69 Å². The first kappa shape index (κ1) is 18.5. The molecule has 7 nitrogen and oxygen atoms in total. The van der Waals surface area contributed by atoms with Crippen molar-refractivity contribution in [1.82, 2.24) is 4.90 Å². The van der Waals surface area contributed by atoms with Gasteiger partial charge in [-0.05, 0) is 29.7 Å². The molecule has 4 rings (SSSR count). The van der Waals surface area contributed by atoms with E-state index < -0.39 is 24.3 Å². The SMILES string of the molecule is COc1ccc(NC(=O)CN2C(=O)c3cccc4cccc(c34)C2=O)cc1OC. The molecule has 1 aliphatic heterocycles. The van der Waals surface area contributed by atoms with Gasteiger partial charge in [0.25, 0.3) is 11.8 Å². The largest absolute Gasteiger partial charge is 0.493 e. The molecule has 29 heavy (non-hydrogen) atoms. The number of ether oxygens (including phenoxy) is 2. The van der Waals surface area contributed by atoms with Crippen molar-refractivity contribution in [3.8, 4) is 11.5 Å². The van der Waals surface area contributed by atoms with Crippen molar-refractivity contribution in [1.29, 1.82) is 0 Å². The van der Waals surface area contributed by atoms with Crippen LogP contribution in [0.25, 0.3) is 10.8 Å². The summed E-state index contributed by atoms with van der Waals surface area (Å²) in [7, 11) is 3.01. The number of imide groups is 1. The maximum Gasteiger partial charge on any atom is 0.261 e. The Kier molecular flexibility index (Phi) is 4.64. The third-order valence-electron chi connectivity index (χ3n) is 4.82. The zero-order chi connectivity index (χ0) is 20.5. The minimum Gasteiger partial charge on any atom is -0.493 e. The lowest BCUT2D eigenvalue weighted by Crippen LogP contribution is -2.44. The summed E-state index contributed by atoms with van der Waals surface area (Å²) in [6.45, 7) is -0.392. The van der Waals surface area contributed by atoms with Gasteiger partial charge in [-0.1, -0.05) is 24.3 Å². The molecule has 7 heteroatoms. The normalized spacial score (nSPS) is 12.8. The fourth-order valence-corrected chi connectivity index (χ4v) is 3.48. The Morgan fingerprint density at radius 3 is 2.10 bits per heavy atom. The second-order valence-corrected chi connectivity index (χ2v) is 6.52. The minimum atomic E-state index is -0.495. The molecule has 0 radical (unpaired) electrons. The molecular formula is C22H18N2O5. The van der Waals surface area contributed by atoms with E-state index in [1.165, 1.54) is 14.2 Å². The Labute approximate surface area is 166 Å². The van der Waals surface area contributed by atoms with Crippen LogP contribution in [-0.2, 0) is 4.79 Å². The van der Waals surface area contributed by atoms with E-state index in [0.29, 0.717) is 33.7 Å². The Morgan fingerprint density at radius 2 is 1.52 bits per heavy atom. The Bertz CT molecular complexity index is 1100. The number of amides is 3. The van der Waals surface area contributed by atoms with Gasteiger partial charge >= 0.3 is 0 Å². The minimum absolute atomic E-state index is 0.392. The van der Waals surface area contributed by atoms with Crippen LogP contribution >= 0.6 is 0 Å². The number of nitrogens with zero attached hydrogens (tertiary/aromatic N) is 1. The van der Waals surface area contributed by atoms with Crippen LogP contribution < -0.4 is 14.8 Å². The zero-order valence-corrected chi connectivity index (χ0v) is 15.9. The molecule has 0 saturated carbocycles. The van der Waals surface area contributed by atoms with Gasteiger partial charge in [-0.2, -0.15) is 0 Å². The predicted octanol–water partition coefficient (Wildman–Crippen LogP) is 3.09. The maximum absolute atomic E-state index is 12.9. The van der Waals surface area contributed by atoms with E-state index in [-0.39, 0.29) is 0 Å². The van der Waals surface area contributed by atoms with Crippen molar-refractivity contribution in [3.63, 3.8) is 0 Å². The topological polar surface area (TPSA) is 84.9 Å². The van der Waals surface area contributed by atoms with Crippen LogP contribution in [0.15, 0.2) is 54.6 Å². The molecule has 0 aliphatic carbocycles. The number of rotatable bonds is 5. The van der Waals surface area contributed by atoms with E-state index in [1.54, 1.807) is 42.5 Å². The Morgan fingerprint density at radius 1 is 0.897 bits per heavy atom. The molecule has 0 saturated heterocycles. The van der Waals surface area contributed by atoms with Gasteiger partial charge in [0.2, 0.25) is 5.91 Å². The predicted molar refractivity (Wildman–Crippen MR) is 107 cm³/mol. The summed E-state index contributed by atoms with van der Waals surface area (Å²) in [6, 6.07) is 15.5. The fourth-order valence-electron chi connectivity index (χ4n) is 3.48. The summed E-state index contributed by atoms with van der Waals surface area (Å²) in [4.78, 5) is 39.3. The van der Waals surface area contributed by atoms with Gasteiger partial charge in [0, 0.05) is 28.3 Å². The standard InChI is InChI=1S/C22H18N2O5/c1-28-17-10-9-14(11-18(17)29-2)23-19(25)12-24-21(26)15-7-3-5-13-6-4-8-16(20(13)15)22(24)27/h3-11H,12H2,1-2H3,(H,23,25). The number of carbonyl (C=O) groups is 3. The molecule has 0 bridgehead atoms. The average molecular weight is 390 g/mol. The lowest BCUT2D eigenvalue weighted by Gasteiger charge is -2.26. The summed E-state index contributed by atoms with van der Waals surface area (Å²) >= 11 is 0. The number of hydrogen-bond acceptors (Lipinski definition) is 5. The van der Waals surface area contributed by atoms with Crippen LogP contribution in [0, 0.1) is 0 Å². The van der Waals surface area contributed by atoms with E-state index in [9.17, 15) is 14.4 Å². The van der Waals surface area contributed by atoms with Crippen molar-refractivity contribution in [2.45, 2.75) is 0 Å². The smallest absolute Gasteiger partial charge is 0.261 e. The number of benzene rings is 3. The highest BCUT2D eigenvalue weighted by molar-refractivity contribution is 6.26. The lowest BCUT2D eigenvalue weighted by molar-refractivity contribution is -0.116. The maximum atomic E-state index is 12.9. The summed E-state index contributed by atoms with van der Waals surface area (Å²) < 4.78 is 10.4. The molecule has 146 valence electrons. The second-order valence-electron chi connectivity index (χ2n) is 6.52. The van der Waals surface area contributed by atoms with E-state index in [1.807, 2.05) is 12.1 Å². The Balaban J connectivity index is 1.58. The molecule has 0 atom stereocenters. The molecule has 3 aromatic carbocycles. The van der Waals surface area contributed by atoms with Crippen LogP contribution in [0.2, 0.25) is 0 Å². The third-order valence-corrected chi connectivity index (χ3v) is 4.82. The molecule has 3 aromatic rings. The van der Waals surface area contributed by atoms with Gasteiger partial charge in [-0.15, -0.1) is 0 Å². The summed E-state index contributed by atoms with van der Waals surface area (Å²) in [5.41, 5.74) is 1.29. The number of anilines is 1. The fraction of sp³-hybridized carbons (Fsp3) is 0.136. The van der Waals surface area contributed by atoms with Gasteiger partial charge in [0.05, 0.1) is 14.2 Å². The van der Waals surface area contributed by atoms with Crippen LogP contribution in [0.1, 0.15) is 20.7 Å². The first-order valence-electron chi connectivity index (χ1n) is 8.93. The summed E-state index contributed by atoms with van der Waals surface area (Å²) in [5.74, 6) is -0.485. The van der Waals surface area contributed by atoms with Gasteiger partial charge in [0.15, 0.2) is 11.5 Å². The van der Waals surface area contributed by atoms with E-state index in [0.717, 1.165) is 10.3 Å². The highest BCUT2D eigenvalue weighted by atomic mass is 16.5. The number of nitrogens with one attached hydrogen (secondary N) is 1. The summed E-state index contributed by atoms with van der Waals surface area (Å²) in [5, 5.41) is 4.13. The van der Waals surface area contributed by atoms with Crippen molar-refractivity contribution in [3.05, 3.63) is 65.7 Å².